The van der Waals surface area contributed by atoms with Crippen LogP contribution in [0, 0.1) is 0 Å². The maximum atomic E-state index is 10.7. The molecule has 0 aliphatic rings. The molecule has 0 atom stereocenters. The van der Waals surface area contributed by atoms with Crippen LogP contribution in [0.15, 0.2) is 18.2 Å². The number of hydrogen-bond donors (Lipinski definition) is 4. The molecule has 0 heterocycles. The summed E-state index contributed by atoms with van der Waals surface area (Å²) in [6, 6.07) is 3.00. The SMILES string of the molecule is O=[As](O)(O)c1ccc(O)cc1O. The van der Waals surface area contributed by atoms with Gasteiger partial charge in [0.25, 0.3) is 0 Å². The Morgan fingerprint density at radius 1 is 1.17 bits per heavy atom. The van der Waals surface area contributed by atoms with Gasteiger partial charge in [-0.2, -0.15) is 0 Å². The minimum absolute atomic E-state index is 0.236. The van der Waals surface area contributed by atoms with Crippen molar-refractivity contribution in [3.05, 3.63) is 18.2 Å². The van der Waals surface area contributed by atoms with Crippen molar-refractivity contribution >= 4 is 18.5 Å². The Labute approximate surface area is 70.9 Å². The molecule has 1 aromatic rings. The molecule has 0 fully saturated rings. The molecule has 5 nitrogen and oxygen atoms in total. The van der Waals surface area contributed by atoms with Gasteiger partial charge in [0.15, 0.2) is 0 Å². The summed E-state index contributed by atoms with van der Waals surface area (Å²) in [5.41, 5.74) is 0. The van der Waals surface area contributed by atoms with E-state index in [1.807, 2.05) is 0 Å². The van der Waals surface area contributed by atoms with E-state index in [1.165, 1.54) is 0 Å². The molecular weight excluding hydrogens is 227 g/mol. The number of aromatic hydroxyl groups is 2. The number of hydrogen-bond acceptors (Lipinski definition) is 3. The van der Waals surface area contributed by atoms with E-state index in [1.54, 1.807) is 0 Å². The number of phenols is 2. The second kappa shape index (κ2) is 2.86. The average Bonchev–Trinajstić information content (AvgIpc) is 1.83. The fraction of sp³-hybridized carbons (Fsp3) is 0. The molecule has 6 heteroatoms. The fourth-order valence-corrected chi connectivity index (χ4v) is 2.08. The van der Waals surface area contributed by atoms with E-state index in [0.29, 0.717) is 0 Å². The molecule has 1 rings (SSSR count). The van der Waals surface area contributed by atoms with E-state index in [2.05, 4.69) is 0 Å². The first-order chi connectivity index (χ1) is 5.41. The van der Waals surface area contributed by atoms with Crippen LogP contribution in [0.4, 0.5) is 0 Å². The van der Waals surface area contributed by atoms with Crippen LogP contribution >= 0.6 is 0 Å². The van der Waals surface area contributed by atoms with Gasteiger partial charge in [-0.05, 0) is 0 Å². The molecule has 66 valence electrons. The molecule has 4 N–H and O–H groups in total. The van der Waals surface area contributed by atoms with Crippen molar-refractivity contribution in [2.45, 2.75) is 0 Å². The van der Waals surface area contributed by atoms with E-state index in [0.717, 1.165) is 18.2 Å². The molecule has 1 aromatic carbocycles. The van der Waals surface area contributed by atoms with Crippen molar-refractivity contribution in [3.63, 3.8) is 0 Å². The van der Waals surface area contributed by atoms with Crippen LogP contribution < -0.4 is 4.35 Å². The third-order valence-corrected chi connectivity index (χ3v) is 3.38. The summed E-state index contributed by atoms with van der Waals surface area (Å²) in [5, 5.41) is 17.8. The molecule has 0 amide bonds. The first-order valence-corrected chi connectivity index (χ1v) is 6.37. The molecule has 0 saturated carbocycles. The summed E-state index contributed by atoms with van der Waals surface area (Å²) >= 11 is -5.04. The van der Waals surface area contributed by atoms with Gasteiger partial charge in [-0.1, -0.05) is 0 Å². The summed E-state index contributed by atoms with van der Waals surface area (Å²) in [4.78, 5) is 0. The van der Waals surface area contributed by atoms with Crippen molar-refractivity contribution in [1.29, 1.82) is 0 Å². The van der Waals surface area contributed by atoms with Gasteiger partial charge in [-0.3, -0.25) is 0 Å². The zero-order valence-corrected chi connectivity index (χ0v) is 7.75. The Bertz CT molecular complexity index is 342. The summed E-state index contributed by atoms with van der Waals surface area (Å²) in [6.07, 6.45) is 0. The second-order valence-electron chi connectivity index (χ2n) is 2.22. The van der Waals surface area contributed by atoms with Gasteiger partial charge in [-0.25, -0.2) is 0 Å². The zero-order chi connectivity index (χ0) is 9.35. The molecule has 0 bridgehead atoms. The van der Waals surface area contributed by atoms with Crippen LogP contribution in [0.25, 0.3) is 0 Å². The van der Waals surface area contributed by atoms with Crippen LogP contribution in [-0.4, -0.2) is 32.6 Å². The third kappa shape index (κ3) is 1.82. The quantitative estimate of drug-likeness (QED) is 0.451. The Morgan fingerprint density at radius 3 is 2.17 bits per heavy atom. The zero-order valence-electron chi connectivity index (χ0n) is 5.88. The van der Waals surface area contributed by atoms with Crippen molar-refractivity contribution in [1.82, 2.24) is 0 Å². The van der Waals surface area contributed by atoms with Gasteiger partial charge in [0.05, 0.1) is 0 Å². The summed E-state index contributed by atoms with van der Waals surface area (Å²) in [7, 11) is 0. The second-order valence-corrected chi connectivity index (χ2v) is 5.51. The van der Waals surface area contributed by atoms with Crippen molar-refractivity contribution in [2.24, 2.45) is 0 Å². The molecule has 12 heavy (non-hydrogen) atoms. The van der Waals surface area contributed by atoms with Crippen molar-refractivity contribution in [2.75, 3.05) is 0 Å². The van der Waals surface area contributed by atoms with Crippen LogP contribution in [-0.2, 0) is 3.74 Å². The summed E-state index contributed by atoms with van der Waals surface area (Å²) in [6.45, 7) is 0. The molecule has 0 aromatic heterocycles. The van der Waals surface area contributed by atoms with E-state index in [4.69, 9.17) is 18.4 Å². The first-order valence-electron chi connectivity index (χ1n) is 2.99. The van der Waals surface area contributed by atoms with Gasteiger partial charge in [0, 0.05) is 0 Å². The van der Waals surface area contributed by atoms with E-state index < -0.39 is 24.3 Å². The number of rotatable bonds is 1. The predicted molar refractivity (Wildman–Crippen MR) is 40.3 cm³/mol. The standard InChI is InChI=1S/C6H7AsO5/c8-4-1-2-5(6(9)3-4)7(10,11)12/h1-3,8-9H,(H2,10,11,12). The minimum atomic E-state index is -5.04. The first kappa shape index (κ1) is 9.19. The fourth-order valence-electron chi connectivity index (χ4n) is 0.758. The topological polar surface area (TPSA) is 98.0 Å². The van der Waals surface area contributed by atoms with Gasteiger partial charge in [0.2, 0.25) is 0 Å². The van der Waals surface area contributed by atoms with Crippen molar-refractivity contribution in [3.8, 4) is 11.5 Å². The van der Waals surface area contributed by atoms with Crippen molar-refractivity contribution < 1.29 is 22.1 Å². The monoisotopic (exact) mass is 234 g/mol. The Balaban J connectivity index is 3.28. The van der Waals surface area contributed by atoms with Crippen LogP contribution in [0.3, 0.4) is 0 Å². The van der Waals surface area contributed by atoms with Crippen LogP contribution in [0.5, 0.6) is 11.5 Å². The summed E-state index contributed by atoms with van der Waals surface area (Å²) < 4.78 is 27.6. The molecule has 0 aliphatic carbocycles. The molecular formula is C6H7AsO5. The molecule has 0 unspecified atom stereocenters. The Hall–Kier alpha value is -0.902. The number of benzene rings is 1. The molecule has 0 saturated heterocycles. The maximum absolute atomic E-state index is 10.7. The van der Waals surface area contributed by atoms with E-state index in [9.17, 15) is 3.74 Å². The molecule has 0 radical (unpaired) electrons. The van der Waals surface area contributed by atoms with Gasteiger partial charge >= 0.3 is 70.4 Å². The molecule has 0 spiro atoms. The van der Waals surface area contributed by atoms with E-state index in [-0.39, 0.29) is 5.75 Å². The predicted octanol–water partition coefficient (Wildman–Crippen LogP) is -1.34. The Morgan fingerprint density at radius 2 is 1.75 bits per heavy atom. The third-order valence-electron chi connectivity index (χ3n) is 1.27. The average molecular weight is 234 g/mol. The van der Waals surface area contributed by atoms with E-state index >= 15 is 0 Å². The van der Waals surface area contributed by atoms with Gasteiger partial charge < -0.3 is 0 Å². The van der Waals surface area contributed by atoms with Gasteiger partial charge in [-0.15, -0.1) is 0 Å². The summed E-state index contributed by atoms with van der Waals surface area (Å²) in [5.74, 6) is -0.817. The van der Waals surface area contributed by atoms with Crippen LogP contribution in [0.1, 0.15) is 0 Å². The van der Waals surface area contributed by atoms with Gasteiger partial charge in [0.1, 0.15) is 0 Å². The Kier molecular flexibility index (Phi) is 2.19. The normalized spacial score (nSPS) is 11.5. The number of phenolic OH excluding ortho intramolecular Hbond substituents is 2. The molecule has 0 aliphatic heterocycles. The van der Waals surface area contributed by atoms with Crippen LogP contribution in [0.2, 0.25) is 0 Å².